The number of unbranched alkanes of at least 4 members (excludes halogenated alkanes) is 1. The van der Waals surface area contributed by atoms with Crippen LogP contribution in [0.5, 0.6) is 0 Å². The van der Waals surface area contributed by atoms with Crippen molar-refractivity contribution in [2.45, 2.75) is 65.3 Å². The number of hydrogen-bond donors (Lipinski definition) is 1. The molecule has 1 heterocycles. The molecule has 1 fully saturated rings. The molecule has 0 saturated heterocycles. The maximum atomic E-state index is 12.9. The van der Waals surface area contributed by atoms with Gasteiger partial charge in [0.05, 0.1) is 11.4 Å². The molecule has 0 atom stereocenters. The molecule has 150 valence electrons. The van der Waals surface area contributed by atoms with Crippen LogP contribution in [0.15, 0.2) is 24.3 Å². The van der Waals surface area contributed by atoms with Crippen molar-refractivity contribution in [2.24, 2.45) is 0 Å². The van der Waals surface area contributed by atoms with E-state index >= 15 is 0 Å². The maximum Gasteiger partial charge on any atom is 0.303 e. The van der Waals surface area contributed by atoms with Gasteiger partial charge < -0.3 is 10.0 Å². The van der Waals surface area contributed by atoms with Gasteiger partial charge in [-0.25, -0.2) is 4.68 Å². The zero-order valence-corrected chi connectivity index (χ0v) is 16.9. The van der Waals surface area contributed by atoms with Gasteiger partial charge in [-0.1, -0.05) is 13.3 Å². The van der Waals surface area contributed by atoms with Crippen LogP contribution in [0.1, 0.15) is 66.3 Å². The Bertz CT molecular complexity index is 851. The van der Waals surface area contributed by atoms with Crippen LogP contribution >= 0.6 is 0 Å². The molecule has 0 aliphatic heterocycles. The zero-order chi connectivity index (χ0) is 20.3. The fraction of sp³-hybridized carbons (Fsp3) is 0.500. The summed E-state index contributed by atoms with van der Waals surface area (Å²) in [6.45, 7) is 6.82. The summed E-state index contributed by atoms with van der Waals surface area (Å²) in [5, 5.41) is 13.5. The zero-order valence-electron chi connectivity index (χ0n) is 16.9. The molecular weight excluding hydrogens is 354 g/mol. The van der Waals surface area contributed by atoms with Gasteiger partial charge >= 0.3 is 5.97 Å². The van der Waals surface area contributed by atoms with Crippen molar-refractivity contribution in [3.8, 4) is 5.69 Å². The first-order chi connectivity index (χ1) is 13.4. The van der Waals surface area contributed by atoms with Gasteiger partial charge in [0.15, 0.2) is 0 Å². The number of aryl methyl sites for hydroxylation is 1. The van der Waals surface area contributed by atoms with Crippen LogP contribution < -0.4 is 0 Å². The predicted octanol–water partition coefficient (Wildman–Crippen LogP) is 3.91. The molecule has 1 aromatic heterocycles. The SMILES string of the molecule is CCCCN(C(=O)c1ccc(-n2nc(C)c(CCC(=O)O)c2C)cc1)C1CC1. The highest BCUT2D eigenvalue weighted by Gasteiger charge is 2.32. The Kier molecular flexibility index (Phi) is 6.17. The van der Waals surface area contributed by atoms with E-state index in [0.717, 1.165) is 54.9 Å². The first kappa shape index (κ1) is 20.1. The Morgan fingerprint density at radius 1 is 1.21 bits per heavy atom. The number of nitrogens with zero attached hydrogens (tertiary/aromatic N) is 3. The molecule has 0 bridgehead atoms. The lowest BCUT2D eigenvalue weighted by Gasteiger charge is -2.22. The number of aromatic nitrogens is 2. The summed E-state index contributed by atoms with van der Waals surface area (Å²) in [7, 11) is 0. The molecule has 2 aromatic rings. The second-order valence-corrected chi connectivity index (χ2v) is 7.59. The lowest BCUT2D eigenvalue weighted by molar-refractivity contribution is -0.136. The highest BCUT2D eigenvalue weighted by Crippen LogP contribution is 2.29. The van der Waals surface area contributed by atoms with Gasteiger partial charge in [-0.3, -0.25) is 9.59 Å². The maximum absolute atomic E-state index is 12.9. The summed E-state index contributed by atoms with van der Waals surface area (Å²) >= 11 is 0. The molecule has 0 spiro atoms. The van der Waals surface area contributed by atoms with Crippen LogP contribution in [0.4, 0.5) is 0 Å². The smallest absolute Gasteiger partial charge is 0.303 e. The summed E-state index contributed by atoms with van der Waals surface area (Å²) in [5.74, 6) is -0.698. The van der Waals surface area contributed by atoms with Crippen LogP contribution in [-0.4, -0.2) is 44.3 Å². The Balaban J connectivity index is 1.78. The standard InChI is InChI=1S/C22H29N3O3/c1-4-5-14-24(18-10-11-18)22(28)17-6-8-19(9-7-17)25-16(3)20(15(2)23-25)12-13-21(26)27/h6-9,18H,4-5,10-14H2,1-3H3,(H,26,27). The molecule has 1 aliphatic rings. The molecule has 1 aromatic carbocycles. The van der Waals surface area contributed by atoms with Gasteiger partial charge in [0.1, 0.15) is 0 Å². The topological polar surface area (TPSA) is 75.4 Å². The van der Waals surface area contributed by atoms with Gasteiger partial charge in [-0.05, 0) is 69.4 Å². The Morgan fingerprint density at radius 2 is 1.89 bits per heavy atom. The molecule has 0 unspecified atom stereocenters. The second-order valence-electron chi connectivity index (χ2n) is 7.59. The lowest BCUT2D eigenvalue weighted by Crippen LogP contribution is -2.34. The first-order valence-electron chi connectivity index (χ1n) is 10.1. The van der Waals surface area contributed by atoms with Crippen molar-refractivity contribution >= 4 is 11.9 Å². The van der Waals surface area contributed by atoms with E-state index in [-0.39, 0.29) is 12.3 Å². The summed E-state index contributed by atoms with van der Waals surface area (Å²) in [6, 6.07) is 7.97. The minimum Gasteiger partial charge on any atom is -0.481 e. The van der Waals surface area contributed by atoms with Gasteiger partial charge in [0.2, 0.25) is 0 Å². The molecule has 6 nitrogen and oxygen atoms in total. The lowest BCUT2D eigenvalue weighted by atomic mass is 10.1. The Labute approximate surface area is 166 Å². The number of benzene rings is 1. The molecule has 6 heteroatoms. The van der Waals surface area contributed by atoms with Crippen LogP contribution in [0.25, 0.3) is 5.69 Å². The van der Waals surface area contributed by atoms with Crippen molar-refractivity contribution < 1.29 is 14.7 Å². The summed E-state index contributed by atoms with van der Waals surface area (Å²) in [6.07, 6.45) is 4.90. The van der Waals surface area contributed by atoms with Crippen molar-refractivity contribution in [3.05, 3.63) is 46.8 Å². The van der Waals surface area contributed by atoms with E-state index in [1.165, 1.54) is 0 Å². The molecular formula is C22H29N3O3. The average Bonchev–Trinajstić information content (AvgIpc) is 3.47. The van der Waals surface area contributed by atoms with Crippen LogP contribution in [0.3, 0.4) is 0 Å². The van der Waals surface area contributed by atoms with Crippen molar-refractivity contribution in [2.75, 3.05) is 6.54 Å². The summed E-state index contributed by atoms with van der Waals surface area (Å²) in [4.78, 5) is 25.8. The molecule has 28 heavy (non-hydrogen) atoms. The van der Waals surface area contributed by atoms with E-state index < -0.39 is 5.97 Å². The number of amides is 1. The van der Waals surface area contributed by atoms with Gasteiger partial charge in [-0.2, -0.15) is 5.10 Å². The molecule has 0 radical (unpaired) electrons. The highest BCUT2D eigenvalue weighted by molar-refractivity contribution is 5.94. The third-order valence-electron chi connectivity index (χ3n) is 5.39. The van der Waals surface area contributed by atoms with Crippen LogP contribution in [-0.2, 0) is 11.2 Å². The number of rotatable bonds is 9. The number of aliphatic carboxylic acids is 1. The van der Waals surface area contributed by atoms with E-state index in [1.54, 1.807) is 0 Å². The third-order valence-corrected chi connectivity index (χ3v) is 5.39. The number of carbonyl (C=O) groups is 2. The van der Waals surface area contributed by atoms with Crippen molar-refractivity contribution in [1.29, 1.82) is 0 Å². The molecule has 1 amide bonds. The van der Waals surface area contributed by atoms with E-state index in [0.29, 0.717) is 18.0 Å². The van der Waals surface area contributed by atoms with Crippen LogP contribution in [0, 0.1) is 13.8 Å². The number of carbonyl (C=O) groups excluding carboxylic acids is 1. The molecule has 3 rings (SSSR count). The summed E-state index contributed by atoms with van der Waals surface area (Å²) in [5.41, 5.74) is 4.35. The third kappa shape index (κ3) is 4.43. The normalized spacial score (nSPS) is 13.5. The quantitative estimate of drug-likeness (QED) is 0.712. The van der Waals surface area contributed by atoms with Crippen molar-refractivity contribution in [1.82, 2.24) is 14.7 Å². The van der Waals surface area contributed by atoms with Gasteiger partial charge in [0.25, 0.3) is 5.91 Å². The van der Waals surface area contributed by atoms with Gasteiger partial charge in [-0.15, -0.1) is 0 Å². The van der Waals surface area contributed by atoms with Crippen molar-refractivity contribution in [3.63, 3.8) is 0 Å². The number of carboxylic acid groups (broad SMARTS) is 1. The molecule has 1 N–H and O–H groups in total. The highest BCUT2D eigenvalue weighted by atomic mass is 16.4. The van der Waals surface area contributed by atoms with Crippen LogP contribution in [0.2, 0.25) is 0 Å². The second kappa shape index (κ2) is 8.59. The van der Waals surface area contributed by atoms with E-state index in [4.69, 9.17) is 5.11 Å². The van der Waals surface area contributed by atoms with E-state index in [1.807, 2.05) is 47.7 Å². The summed E-state index contributed by atoms with van der Waals surface area (Å²) < 4.78 is 1.83. The number of carboxylic acids is 1. The monoisotopic (exact) mass is 383 g/mol. The average molecular weight is 383 g/mol. The molecule has 1 aliphatic carbocycles. The number of hydrogen-bond acceptors (Lipinski definition) is 3. The van der Waals surface area contributed by atoms with E-state index in [9.17, 15) is 9.59 Å². The van der Waals surface area contributed by atoms with E-state index in [2.05, 4.69) is 12.0 Å². The largest absolute Gasteiger partial charge is 0.481 e. The predicted molar refractivity (Wildman–Crippen MR) is 108 cm³/mol. The Hall–Kier alpha value is -2.63. The Morgan fingerprint density at radius 3 is 2.46 bits per heavy atom. The minimum absolute atomic E-state index is 0.0928. The van der Waals surface area contributed by atoms with Gasteiger partial charge in [0, 0.05) is 30.3 Å². The minimum atomic E-state index is -0.808. The first-order valence-corrected chi connectivity index (χ1v) is 10.1. The molecule has 1 saturated carbocycles. The fourth-order valence-electron chi connectivity index (χ4n) is 3.60. The fourth-order valence-corrected chi connectivity index (χ4v) is 3.60.